The summed E-state index contributed by atoms with van der Waals surface area (Å²) in [4.78, 5) is 14.8. The van der Waals surface area contributed by atoms with E-state index < -0.39 is 0 Å². The number of nitrogens with zero attached hydrogens (tertiary/aromatic N) is 4. The van der Waals surface area contributed by atoms with Crippen LogP contribution in [-0.4, -0.2) is 19.5 Å². The molecule has 0 saturated heterocycles. The van der Waals surface area contributed by atoms with Crippen LogP contribution in [0.3, 0.4) is 0 Å². The molecule has 0 bridgehead atoms. The van der Waals surface area contributed by atoms with Gasteiger partial charge in [-0.3, -0.25) is 0 Å². The molecule has 0 radical (unpaired) electrons. The van der Waals surface area contributed by atoms with Crippen molar-refractivity contribution in [3.8, 4) is 51.0 Å². The molecule has 3 heterocycles. The molecule has 10 rings (SSSR count). The molecule has 50 heavy (non-hydrogen) atoms. The lowest BCUT2D eigenvalue weighted by atomic mass is 10.0. The largest absolute Gasteiger partial charge is 0.309 e. The number of fused-ring (bicyclic) bond motifs is 7. The maximum Gasteiger partial charge on any atom is 0.164 e. The van der Waals surface area contributed by atoms with Crippen molar-refractivity contribution in [3.05, 3.63) is 170 Å². The van der Waals surface area contributed by atoms with Crippen molar-refractivity contribution >= 4 is 53.3 Å². The predicted molar refractivity (Wildman–Crippen MR) is 209 cm³/mol. The van der Waals surface area contributed by atoms with Gasteiger partial charge in [0.25, 0.3) is 0 Å². The highest BCUT2D eigenvalue weighted by atomic mass is 32.1. The SMILES string of the molecule is c1ccc(-c2ccc3c(c2)c2ccc4sc5ccccc5c4c2n3-c2ccc(-c3nc(-c4ccccc4)nc(-c4ccccc4)n3)cc2)cc1. The van der Waals surface area contributed by atoms with Crippen molar-refractivity contribution in [2.24, 2.45) is 0 Å². The number of hydrogen-bond acceptors (Lipinski definition) is 4. The number of benzene rings is 7. The lowest BCUT2D eigenvalue weighted by Crippen LogP contribution is -2.00. The van der Waals surface area contributed by atoms with Crippen molar-refractivity contribution in [2.75, 3.05) is 0 Å². The Morgan fingerprint density at radius 2 is 0.920 bits per heavy atom. The second kappa shape index (κ2) is 11.6. The van der Waals surface area contributed by atoms with Crippen LogP contribution in [0.5, 0.6) is 0 Å². The number of rotatable bonds is 5. The maximum atomic E-state index is 4.97. The molecule has 0 spiro atoms. The van der Waals surface area contributed by atoms with Crippen LogP contribution in [0.25, 0.3) is 93.0 Å². The van der Waals surface area contributed by atoms with Gasteiger partial charge in [-0.25, -0.2) is 15.0 Å². The zero-order chi connectivity index (χ0) is 33.0. The van der Waals surface area contributed by atoms with Gasteiger partial charge in [0, 0.05) is 53.3 Å². The predicted octanol–water partition coefficient (Wildman–Crippen LogP) is 12.0. The van der Waals surface area contributed by atoms with Crippen LogP contribution < -0.4 is 0 Å². The third-order valence-electron chi connectivity index (χ3n) is 9.46. The van der Waals surface area contributed by atoms with E-state index in [-0.39, 0.29) is 0 Å². The molecule has 0 atom stereocenters. The van der Waals surface area contributed by atoms with Gasteiger partial charge in [0.2, 0.25) is 0 Å². The van der Waals surface area contributed by atoms with Crippen molar-refractivity contribution in [2.45, 2.75) is 0 Å². The molecule has 7 aromatic carbocycles. The normalized spacial score (nSPS) is 11.6. The van der Waals surface area contributed by atoms with Gasteiger partial charge in [0.15, 0.2) is 17.5 Å². The van der Waals surface area contributed by atoms with Crippen LogP contribution in [0.4, 0.5) is 0 Å². The average molecular weight is 657 g/mol. The summed E-state index contributed by atoms with van der Waals surface area (Å²) in [6, 6.07) is 59.7. The molecule has 0 aliphatic carbocycles. The molecule has 0 aliphatic rings. The van der Waals surface area contributed by atoms with E-state index in [1.54, 1.807) is 0 Å². The average Bonchev–Trinajstić information content (AvgIpc) is 3.74. The van der Waals surface area contributed by atoms with Crippen LogP contribution in [0, 0.1) is 0 Å². The molecule has 0 amide bonds. The highest BCUT2D eigenvalue weighted by Crippen LogP contribution is 2.44. The molecule has 0 unspecified atom stereocenters. The van der Waals surface area contributed by atoms with E-state index in [9.17, 15) is 0 Å². The summed E-state index contributed by atoms with van der Waals surface area (Å²) in [7, 11) is 0. The molecule has 0 fully saturated rings. The summed E-state index contributed by atoms with van der Waals surface area (Å²) in [6.45, 7) is 0. The highest BCUT2D eigenvalue weighted by Gasteiger charge is 2.19. The Bertz CT molecular complexity index is 2780. The molecule has 5 heteroatoms. The fraction of sp³-hybridized carbons (Fsp3) is 0. The van der Waals surface area contributed by atoms with Gasteiger partial charge in [0.1, 0.15) is 0 Å². The van der Waals surface area contributed by atoms with E-state index in [1.807, 2.05) is 72.0 Å². The highest BCUT2D eigenvalue weighted by molar-refractivity contribution is 7.26. The number of aromatic nitrogens is 4. The molecule has 3 aromatic heterocycles. The Morgan fingerprint density at radius 3 is 1.56 bits per heavy atom. The molecular formula is C45H28N4S. The van der Waals surface area contributed by atoms with E-state index in [2.05, 4.69) is 114 Å². The standard InChI is InChI=1S/C45H28N4S/c1-4-12-29(13-5-1)33-22-26-38-37(28-33)35-25-27-40-41(36-18-10-11-19-39(36)50-40)42(35)49(38)34-23-20-32(21-24-34)45-47-43(30-14-6-2-7-15-30)46-44(48-45)31-16-8-3-9-17-31/h1-28H. The van der Waals surface area contributed by atoms with Gasteiger partial charge in [-0.2, -0.15) is 0 Å². The quantitative estimate of drug-likeness (QED) is 0.185. The van der Waals surface area contributed by atoms with Crippen molar-refractivity contribution < 1.29 is 0 Å². The molecular weight excluding hydrogens is 629 g/mol. The van der Waals surface area contributed by atoms with Crippen LogP contribution in [0.2, 0.25) is 0 Å². The molecule has 4 nitrogen and oxygen atoms in total. The Balaban J connectivity index is 1.18. The smallest absolute Gasteiger partial charge is 0.164 e. The monoisotopic (exact) mass is 656 g/mol. The van der Waals surface area contributed by atoms with Crippen molar-refractivity contribution in [1.29, 1.82) is 0 Å². The zero-order valence-electron chi connectivity index (χ0n) is 26.9. The number of hydrogen-bond donors (Lipinski definition) is 0. The summed E-state index contributed by atoms with van der Waals surface area (Å²) < 4.78 is 5.02. The fourth-order valence-electron chi connectivity index (χ4n) is 7.09. The van der Waals surface area contributed by atoms with E-state index in [0.29, 0.717) is 17.5 Å². The van der Waals surface area contributed by atoms with Gasteiger partial charge in [0.05, 0.1) is 11.0 Å². The minimum Gasteiger partial charge on any atom is -0.309 e. The molecule has 234 valence electrons. The van der Waals surface area contributed by atoms with E-state index >= 15 is 0 Å². The zero-order valence-corrected chi connectivity index (χ0v) is 27.7. The maximum absolute atomic E-state index is 4.97. The van der Waals surface area contributed by atoms with Crippen LogP contribution >= 0.6 is 11.3 Å². The van der Waals surface area contributed by atoms with Gasteiger partial charge in [-0.1, -0.05) is 121 Å². The Morgan fingerprint density at radius 1 is 0.380 bits per heavy atom. The lowest BCUT2D eigenvalue weighted by molar-refractivity contribution is 1.07. The summed E-state index contributed by atoms with van der Waals surface area (Å²) in [5, 5.41) is 5.06. The second-order valence-corrected chi connectivity index (χ2v) is 13.5. The van der Waals surface area contributed by atoms with Crippen molar-refractivity contribution in [3.63, 3.8) is 0 Å². The third-order valence-corrected chi connectivity index (χ3v) is 10.6. The topological polar surface area (TPSA) is 43.6 Å². The van der Waals surface area contributed by atoms with Crippen LogP contribution in [-0.2, 0) is 0 Å². The van der Waals surface area contributed by atoms with E-state index in [0.717, 1.165) is 22.4 Å². The molecule has 0 N–H and O–H groups in total. The Kier molecular flexibility index (Phi) is 6.64. The first-order valence-corrected chi connectivity index (χ1v) is 17.5. The van der Waals surface area contributed by atoms with E-state index in [1.165, 1.54) is 53.1 Å². The lowest BCUT2D eigenvalue weighted by Gasteiger charge is -2.11. The fourth-order valence-corrected chi connectivity index (χ4v) is 8.20. The molecule has 0 saturated carbocycles. The van der Waals surface area contributed by atoms with Gasteiger partial charge < -0.3 is 4.57 Å². The minimum atomic E-state index is 0.644. The summed E-state index contributed by atoms with van der Waals surface area (Å²) in [5.74, 6) is 1.95. The number of thiophene rings is 1. The van der Waals surface area contributed by atoms with Crippen LogP contribution in [0.15, 0.2) is 170 Å². The summed E-state index contributed by atoms with van der Waals surface area (Å²) in [5.41, 5.74) is 8.76. The first-order chi connectivity index (χ1) is 24.8. The minimum absolute atomic E-state index is 0.644. The molecule has 0 aliphatic heterocycles. The van der Waals surface area contributed by atoms with Crippen LogP contribution in [0.1, 0.15) is 0 Å². The Labute approximate surface area is 292 Å². The first kappa shape index (κ1) is 28.6. The summed E-state index contributed by atoms with van der Waals surface area (Å²) >= 11 is 1.85. The second-order valence-electron chi connectivity index (χ2n) is 12.5. The van der Waals surface area contributed by atoms with Gasteiger partial charge >= 0.3 is 0 Å². The summed E-state index contributed by atoms with van der Waals surface area (Å²) in [6.07, 6.45) is 0. The first-order valence-electron chi connectivity index (χ1n) is 16.7. The van der Waals surface area contributed by atoms with Gasteiger partial charge in [-0.15, -0.1) is 11.3 Å². The Hall–Kier alpha value is -6.43. The van der Waals surface area contributed by atoms with Gasteiger partial charge in [-0.05, 0) is 59.7 Å². The van der Waals surface area contributed by atoms with Crippen molar-refractivity contribution in [1.82, 2.24) is 19.5 Å². The third kappa shape index (κ3) is 4.71. The molecule has 10 aromatic rings. The van der Waals surface area contributed by atoms with E-state index in [4.69, 9.17) is 15.0 Å².